The average Bonchev–Trinajstić information content (AvgIpc) is 1.98. The van der Waals surface area contributed by atoms with Gasteiger partial charge in [-0.25, -0.2) is 0 Å². The van der Waals surface area contributed by atoms with Crippen molar-refractivity contribution in [1.82, 2.24) is 0 Å². The number of ether oxygens (including phenoxy) is 1. The van der Waals surface area contributed by atoms with Crippen LogP contribution < -0.4 is 0 Å². The molecule has 0 aromatic heterocycles. The maximum absolute atomic E-state index is 10.9. The first-order valence-electron chi connectivity index (χ1n) is 4.61. The van der Waals surface area contributed by atoms with E-state index in [1.165, 1.54) is 6.92 Å². The molecule has 2 atom stereocenters. The van der Waals surface area contributed by atoms with E-state index in [9.17, 15) is 4.79 Å². The summed E-state index contributed by atoms with van der Waals surface area (Å²) < 4.78 is 4.62. The van der Waals surface area contributed by atoms with E-state index in [2.05, 4.69) is 4.74 Å². The summed E-state index contributed by atoms with van der Waals surface area (Å²) in [5.41, 5.74) is 0. The fraction of sp³-hybridized carbons (Fsp3) is 0.889. The summed E-state index contributed by atoms with van der Waals surface area (Å²) >= 11 is 0. The maximum Gasteiger partial charge on any atom is 0.310 e. The molecule has 0 spiro atoms. The number of esters is 1. The van der Waals surface area contributed by atoms with E-state index < -0.39 is 18.4 Å². The van der Waals surface area contributed by atoms with Crippen LogP contribution in [0.25, 0.3) is 0 Å². The van der Waals surface area contributed by atoms with Gasteiger partial charge in [-0.2, -0.15) is 0 Å². The van der Waals surface area contributed by atoms with E-state index in [1.807, 2.05) is 6.92 Å². The van der Waals surface area contributed by atoms with Crippen LogP contribution in [0.15, 0.2) is 0 Å². The molecule has 0 radical (unpaired) electrons. The lowest BCUT2D eigenvalue weighted by molar-refractivity contribution is -0.170. The Balaban J connectivity index is 3.53. The van der Waals surface area contributed by atoms with Crippen molar-refractivity contribution >= 4 is 5.97 Å². The number of unbranched alkanes of at least 4 members (excludes halogenated alkanes) is 1. The summed E-state index contributed by atoms with van der Waals surface area (Å²) in [4.78, 5) is 10.9. The quantitative estimate of drug-likeness (QED) is 0.480. The van der Waals surface area contributed by atoms with Gasteiger partial charge in [0.05, 0.1) is 12.5 Å². The second-order valence-electron chi connectivity index (χ2n) is 3.14. The van der Waals surface area contributed by atoms with Crippen molar-refractivity contribution in [2.45, 2.75) is 51.9 Å². The standard InChI is InChI=1S/C9H18O4/c1-3-4-5-8(11)13-9(12)6-7(2)10/h7-8,10-11H,3-6H2,1-2H3. The average molecular weight is 190 g/mol. The monoisotopic (exact) mass is 190 g/mol. The highest BCUT2D eigenvalue weighted by Gasteiger charge is 2.12. The molecule has 4 heteroatoms. The molecule has 2 unspecified atom stereocenters. The smallest absolute Gasteiger partial charge is 0.310 e. The lowest BCUT2D eigenvalue weighted by atomic mass is 10.2. The van der Waals surface area contributed by atoms with Gasteiger partial charge in [-0.3, -0.25) is 4.79 Å². The van der Waals surface area contributed by atoms with Crippen LogP contribution in [0.3, 0.4) is 0 Å². The molecular weight excluding hydrogens is 172 g/mol. The molecule has 0 bridgehead atoms. The van der Waals surface area contributed by atoms with Crippen LogP contribution in [-0.2, 0) is 9.53 Å². The number of hydrogen-bond donors (Lipinski definition) is 2. The van der Waals surface area contributed by atoms with Crippen molar-refractivity contribution in [2.75, 3.05) is 0 Å². The third-order valence-corrected chi connectivity index (χ3v) is 1.53. The minimum Gasteiger partial charge on any atom is -0.436 e. The number of aliphatic hydroxyl groups excluding tert-OH is 2. The Morgan fingerprint density at radius 1 is 1.46 bits per heavy atom. The summed E-state index contributed by atoms with van der Waals surface area (Å²) in [6, 6.07) is 0. The second-order valence-corrected chi connectivity index (χ2v) is 3.14. The van der Waals surface area contributed by atoms with Crippen molar-refractivity contribution in [3.05, 3.63) is 0 Å². The van der Waals surface area contributed by atoms with E-state index in [0.29, 0.717) is 6.42 Å². The number of carbonyl (C=O) groups is 1. The molecule has 0 saturated heterocycles. The number of aliphatic hydroxyl groups is 2. The molecule has 0 aliphatic heterocycles. The Bertz CT molecular complexity index is 145. The topological polar surface area (TPSA) is 66.8 Å². The highest BCUT2D eigenvalue weighted by atomic mass is 16.6. The maximum atomic E-state index is 10.9. The Labute approximate surface area is 78.5 Å². The molecule has 0 rings (SSSR count). The molecule has 0 aromatic rings. The van der Waals surface area contributed by atoms with Crippen LogP contribution in [0, 0.1) is 0 Å². The number of carbonyl (C=O) groups excluding carboxylic acids is 1. The van der Waals surface area contributed by atoms with Gasteiger partial charge < -0.3 is 14.9 Å². The molecule has 0 heterocycles. The Morgan fingerprint density at radius 3 is 2.54 bits per heavy atom. The fourth-order valence-electron chi connectivity index (χ4n) is 0.879. The van der Waals surface area contributed by atoms with Gasteiger partial charge in [0.15, 0.2) is 0 Å². The van der Waals surface area contributed by atoms with Crippen LogP contribution in [0.5, 0.6) is 0 Å². The highest BCUT2D eigenvalue weighted by Crippen LogP contribution is 2.03. The van der Waals surface area contributed by atoms with Gasteiger partial charge in [-0.05, 0) is 13.3 Å². The molecule has 78 valence electrons. The summed E-state index contributed by atoms with van der Waals surface area (Å²) in [6.45, 7) is 3.49. The zero-order valence-corrected chi connectivity index (χ0v) is 8.19. The molecule has 0 fully saturated rings. The zero-order chi connectivity index (χ0) is 10.3. The highest BCUT2D eigenvalue weighted by molar-refractivity contribution is 5.69. The third kappa shape index (κ3) is 7.74. The van der Waals surface area contributed by atoms with Gasteiger partial charge in [0.25, 0.3) is 0 Å². The SMILES string of the molecule is CCCCC(O)OC(=O)CC(C)O. The molecule has 0 aliphatic carbocycles. The first-order valence-corrected chi connectivity index (χ1v) is 4.61. The molecule has 0 aromatic carbocycles. The normalized spacial score (nSPS) is 15.1. The van der Waals surface area contributed by atoms with Crippen molar-refractivity contribution in [2.24, 2.45) is 0 Å². The Kier molecular flexibility index (Phi) is 6.54. The van der Waals surface area contributed by atoms with E-state index in [1.54, 1.807) is 0 Å². The molecular formula is C9H18O4. The van der Waals surface area contributed by atoms with Gasteiger partial charge in [0.2, 0.25) is 6.29 Å². The predicted molar refractivity (Wildman–Crippen MR) is 47.9 cm³/mol. The fourth-order valence-corrected chi connectivity index (χ4v) is 0.879. The second kappa shape index (κ2) is 6.86. The molecule has 0 saturated carbocycles. The minimum atomic E-state index is -1.02. The number of hydrogen-bond acceptors (Lipinski definition) is 4. The summed E-state index contributed by atoms with van der Waals surface area (Å²) in [6.07, 6.45) is 0.427. The van der Waals surface area contributed by atoms with Gasteiger partial charge >= 0.3 is 5.97 Å². The minimum absolute atomic E-state index is 0.0663. The summed E-state index contributed by atoms with van der Waals surface area (Å²) in [5, 5.41) is 18.0. The van der Waals surface area contributed by atoms with Crippen LogP contribution in [-0.4, -0.2) is 28.6 Å². The predicted octanol–water partition coefficient (Wildman–Crippen LogP) is 0.809. The van der Waals surface area contributed by atoms with E-state index in [0.717, 1.165) is 12.8 Å². The summed E-state index contributed by atoms with van der Waals surface area (Å²) in [7, 11) is 0. The van der Waals surface area contributed by atoms with Gasteiger partial charge in [0.1, 0.15) is 0 Å². The van der Waals surface area contributed by atoms with Gasteiger partial charge in [-0.15, -0.1) is 0 Å². The van der Waals surface area contributed by atoms with Crippen LogP contribution in [0.1, 0.15) is 39.5 Å². The Morgan fingerprint density at radius 2 is 2.08 bits per heavy atom. The van der Waals surface area contributed by atoms with Gasteiger partial charge in [-0.1, -0.05) is 13.3 Å². The van der Waals surface area contributed by atoms with Crippen LogP contribution in [0.4, 0.5) is 0 Å². The van der Waals surface area contributed by atoms with Crippen LogP contribution in [0.2, 0.25) is 0 Å². The lowest BCUT2D eigenvalue weighted by Crippen LogP contribution is -2.20. The molecule has 4 nitrogen and oxygen atoms in total. The molecule has 0 amide bonds. The van der Waals surface area contributed by atoms with Crippen molar-refractivity contribution in [1.29, 1.82) is 0 Å². The Hall–Kier alpha value is -0.610. The zero-order valence-electron chi connectivity index (χ0n) is 8.19. The molecule has 2 N–H and O–H groups in total. The number of rotatable bonds is 6. The van der Waals surface area contributed by atoms with Crippen molar-refractivity contribution in [3.8, 4) is 0 Å². The van der Waals surface area contributed by atoms with Crippen LogP contribution >= 0.6 is 0 Å². The van der Waals surface area contributed by atoms with Crippen molar-refractivity contribution < 1.29 is 19.7 Å². The van der Waals surface area contributed by atoms with E-state index >= 15 is 0 Å². The first-order chi connectivity index (χ1) is 6.06. The van der Waals surface area contributed by atoms with Gasteiger partial charge in [0, 0.05) is 6.42 Å². The third-order valence-electron chi connectivity index (χ3n) is 1.53. The largest absolute Gasteiger partial charge is 0.436 e. The summed E-state index contributed by atoms with van der Waals surface area (Å²) in [5.74, 6) is -0.557. The lowest BCUT2D eigenvalue weighted by Gasteiger charge is -2.11. The first kappa shape index (κ1) is 12.4. The molecule has 13 heavy (non-hydrogen) atoms. The van der Waals surface area contributed by atoms with Crippen molar-refractivity contribution in [3.63, 3.8) is 0 Å². The van der Waals surface area contributed by atoms with E-state index in [-0.39, 0.29) is 6.42 Å². The molecule has 0 aliphatic rings. The van der Waals surface area contributed by atoms with E-state index in [4.69, 9.17) is 10.2 Å².